The Labute approximate surface area is 164 Å². The molecule has 2 aromatic carbocycles. The fourth-order valence-corrected chi connectivity index (χ4v) is 3.15. The molecule has 1 heterocycles. The number of urea groups is 1. The van der Waals surface area contributed by atoms with E-state index >= 15 is 4.39 Å². The number of anilines is 1. The standard InChI is InChI=1S/C23H24FN3O/c1-16-6-4-5-7-21(16)23(3,24)15-26-22(28)27-20-10-8-18(9-11-20)19-12-13-25-17(2)14-19/h4-14H,15H2,1-3H3,(H2,26,27,28). The molecule has 2 N–H and O–H groups in total. The summed E-state index contributed by atoms with van der Waals surface area (Å²) in [6, 6.07) is 18.3. The van der Waals surface area contributed by atoms with Crippen molar-refractivity contribution < 1.29 is 9.18 Å². The predicted octanol–water partition coefficient (Wildman–Crippen LogP) is 5.37. The highest BCUT2D eigenvalue weighted by Gasteiger charge is 2.27. The van der Waals surface area contributed by atoms with Crippen molar-refractivity contribution in [2.75, 3.05) is 11.9 Å². The number of amides is 2. The van der Waals surface area contributed by atoms with Crippen molar-refractivity contribution in [1.82, 2.24) is 10.3 Å². The lowest BCUT2D eigenvalue weighted by atomic mass is 9.93. The lowest BCUT2D eigenvalue weighted by Gasteiger charge is -2.23. The van der Waals surface area contributed by atoms with E-state index < -0.39 is 11.7 Å². The maximum absolute atomic E-state index is 15.0. The van der Waals surface area contributed by atoms with Crippen molar-refractivity contribution in [2.45, 2.75) is 26.4 Å². The Morgan fingerprint density at radius 3 is 2.43 bits per heavy atom. The second-order valence-corrected chi connectivity index (χ2v) is 7.08. The second kappa shape index (κ2) is 8.21. The number of carbonyl (C=O) groups excluding carboxylic acids is 1. The maximum atomic E-state index is 15.0. The number of aromatic nitrogens is 1. The number of alkyl halides is 1. The number of benzene rings is 2. The Morgan fingerprint density at radius 2 is 1.75 bits per heavy atom. The van der Waals surface area contributed by atoms with Crippen LogP contribution in [0.25, 0.3) is 11.1 Å². The first kappa shape index (κ1) is 19.5. The summed E-state index contributed by atoms with van der Waals surface area (Å²) in [7, 11) is 0. The monoisotopic (exact) mass is 377 g/mol. The fourth-order valence-electron chi connectivity index (χ4n) is 3.15. The zero-order chi connectivity index (χ0) is 20.1. The molecule has 5 heteroatoms. The lowest BCUT2D eigenvalue weighted by Crippen LogP contribution is -2.38. The van der Waals surface area contributed by atoms with Gasteiger partial charge in [0, 0.05) is 17.6 Å². The second-order valence-electron chi connectivity index (χ2n) is 7.08. The van der Waals surface area contributed by atoms with Crippen molar-refractivity contribution in [1.29, 1.82) is 0 Å². The molecule has 144 valence electrons. The molecule has 3 aromatic rings. The Morgan fingerprint density at radius 1 is 1.04 bits per heavy atom. The normalized spacial score (nSPS) is 12.9. The van der Waals surface area contributed by atoms with Crippen LogP contribution in [0.4, 0.5) is 14.9 Å². The van der Waals surface area contributed by atoms with Crippen LogP contribution in [-0.4, -0.2) is 17.6 Å². The van der Waals surface area contributed by atoms with Crippen LogP contribution in [-0.2, 0) is 5.67 Å². The molecule has 3 rings (SSSR count). The molecule has 2 amide bonds. The van der Waals surface area contributed by atoms with Gasteiger partial charge < -0.3 is 10.6 Å². The van der Waals surface area contributed by atoms with E-state index in [1.807, 2.05) is 62.4 Å². The molecule has 4 nitrogen and oxygen atoms in total. The van der Waals surface area contributed by atoms with Gasteiger partial charge >= 0.3 is 6.03 Å². The highest BCUT2D eigenvalue weighted by molar-refractivity contribution is 5.89. The quantitative estimate of drug-likeness (QED) is 0.628. The number of hydrogen-bond acceptors (Lipinski definition) is 2. The number of pyridine rings is 1. The van der Waals surface area contributed by atoms with E-state index in [0.29, 0.717) is 11.3 Å². The van der Waals surface area contributed by atoms with E-state index in [1.165, 1.54) is 6.92 Å². The zero-order valence-corrected chi connectivity index (χ0v) is 16.3. The first-order chi connectivity index (χ1) is 13.3. The van der Waals surface area contributed by atoms with E-state index in [-0.39, 0.29) is 6.54 Å². The Hall–Kier alpha value is -3.21. The van der Waals surface area contributed by atoms with Crippen LogP contribution in [0.3, 0.4) is 0 Å². The number of rotatable bonds is 5. The zero-order valence-electron chi connectivity index (χ0n) is 16.3. The van der Waals surface area contributed by atoms with Gasteiger partial charge in [-0.3, -0.25) is 4.98 Å². The van der Waals surface area contributed by atoms with Crippen molar-refractivity contribution >= 4 is 11.7 Å². The first-order valence-corrected chi connectivity index (χ1v) is 9.18. The topological polar surface area (TPSA) is 54.0 Å². The molecule has 0 aliphatic carbocycles. The largest absolute Gasteiger partial charge is 0.334 e. The van der Waals surface area contributed by atoms with E-state index in [1.54, 1.807) is 18.3 Å². The number of halogens is 1. The lowest BCUT2D eigenvalue weighted by molar-refractivity contribution is 0.185. The van der Waals surface area contributed by atoms with Crippen LogP contribution < -0.4 is 10.6 Å². The summed E-state index contributed by atoms with van der Waals surface area (Å²) in [6.45, 7) is 5.16. The summed E-state index contributed by atoms with van der Waals surface area (Å²) >= 11 is 0. The number of nitrogens with one attached hydrogen (secondary N) is 2. The highest BCUT2D eigenvalue weighted by atomic mass is 19.1. The van der Waals surface area contributed by atoms with Crippen molar-refractivity contribution in [3.05, 3.63) is 83.7 Å². The smallest absolute Gasteiger partial charge is 0.319 e. The van der Waals surface area contributed by atoms with E-state index in [9.17, 15) is 4.79 Å². The van der Waals surface area contributed by atoms with Crippen molar-refractivity contribution in [3.8, 4) is 11.1 Å². The van der Waals surface area contributed by atoms with Gasteiger partial charge in [0.05, 0.1) is 6.54 Å². The van der Waals surface area contributed by atoms with Gasteiger partial charge in [0.2, 0.25) is 0 Å². The molecule has 0 saturated carbocycles. The first-order valence-electron chi connectivity index (χ1n) is 9.18. The molecule has 0 bridgehead atoms. The van der Waals surface area contributed by atoms with Gasteiger partial charge in [-0.1, -0.05) is 36.4 Å². The Balaban J connectivity index is 1.60. The van der Waals surface area contributed by atoms with Crippen molar-refractivity contribution in [3.63, 3.8) is 0 Å². The van der Waals surface area contributed by atoms with Crippen LogP contribution in [0.15, 0.2) is 66.9 Å². The third kappa shape index (κ3) is 4.74. The minimum absolute atomic E-state index is 0.113. The summed E-state index contributed by atoms with van der Waals surface area (Å²) < 4.78 is 15.0. The number of nitrogens with zero attached hydrogens (tertiary/aromatic N) is 1. The molecule has 0 spiro atoms. The molecule has 0 radical (unpaired) electrons. The molecule has 1 atom stereocenters. The van der Waals surface area contributed by atoms with Crippen LogP contribution in [0.1, 0.15) is 23.7 Å². The number of hydrogen-bond donors (Lipinski definition) is 2. The van der Waals surface area contributed by atoms with Crippen LogP contribution in [0.5, 0.6) is 0 Å². The van der Waals surface area contributed by atoms with Crippen LogP contribution in [0.2, 0.25) is 0 Å². The van der Waals surface area contributed by atoms with Gasteiger partial charge in [-0.25, -0.2) is 9.18 Å². The van der Waals surface area contributed by atoms with E-state index in [2.05, 4.69) is 15.6 Å². The molecule has 0 aliphatic rings. The SMILES string of the molecule is Cc1cc(-c2ccc(NC(=O)NCC(C)(F)c3ccccc3C)cc2)ccn1. The predicted molar refractivity (Wildman–Crippen MR) is 111 cm³/mol. The van der Waals surface area contributed by atoms with Crippen LogP contribution >= 0.6 is 0 Å². The molecule has 1 unspecified atom stereocenters. The number of carbonyl (C=O) groups is 1. The molecular weight excluding hydrogens is 353 g/mol. The Bertz CT molecular complexity index is 968. The average molecular weight is 377 g/mol. The van der Waals surface area contributed by atoms with Gasteiger partial charge in [0.15, 0.2) is 5.67 Å². The number of aryl methyl sites for hydroxylation is 2. The van der Waals surface area contributed by atoms with Crippen molar-refractivity contribution in [2.24, 2.45) is 0 Å². The maximum Gasteiger partial charge on any atom is 0.319 e. The third-order valence-electron chi connectivity index (χ3n) is 4.66. The van der Waals surface area contributed by atoms with E-state index in [0.717, 1.165) is 22.4 Å². The van der Waals surface area contributed by atoms with E-state index in [4.69, 9.17) is 0 Å². The molecule has 1 aromatic heterocycles. The summed E-state index contributed by atoms with van der Waals surface area (Å²) in [5.74, 6) is 0. The minimum atomic E-state index is -1.65. The van der Waals surface area contributed by atoms with Gasteiger partial charge in [0.1, 0.15) is 0 Å². The summed E-state index contributed by atoms with van der Waals surface area (Å²) in [5.41, 5.74) is 3.47. The summed E-state index contributed by atoms with van der Waals surface area (Å²) in [4.78, 5) is 16.4. The molecule has 0 aliphatic heterocycles. The summed E-state index contributed by atoms with van der Waals surface area (Å²) in [6.07, 6.45) is 1.77. The molecule has 0 saturated heterocycles. The van der Waals surface area contributed by atoms with Gasteiger partial charge in [-0.05, 0) is 67.3 Å². The molecule has 0 fully saturated rings. The average Bonchev–Trinajstić information content (AvgIpc) is 2.67. The van der Waals surface area contributed by atoms with Gasteiger partial charge in [0.25, 0.3) is 0 Å². The third-order valence-corrected chi connectivity index (χ3v) is 4.66. The summed E-state index contributed by atoms with van der Waals surface area (Å²) in [5, 5.41) is 5.36. The minimum Gasteiger partial charge on any atom is -0.334 e. The van der Waals surface area contributed by atoms with Gasteiger partial charge in [-0.15, -0.1) is 0 Å². The highest BCUT2D eigenvalue weighted by Crippen LogP contribution is 2.27. The molecular formula is C23H24FN3O. The fraction of sp³-hybridized carbons (Fsp3) is 0.217. The molecule has 28 heavy (non-hydrogen) atoms. The van der Waals surface area contributed by atoms with Crippen LogP contribution in [0, 0.1) is 13.8 Å². The van der Waals surface area contributed by atoms with Gasteiger partial charge in [-0.2, -0.15) is 0 Å². The Kier molecular flexibility index (Phi) is 5.73.